The van der Waals surface area contributed by atoms with Crippen LogP contribution in [-0.2, 0) is 17.6 Å². The summed E-state index contributed by atoms with van der Waals surface area (Å²) in [6.07, 6.45) is 11.5. The number of piperidine rings is 1. The summed E-state index contributed by atoms with van der Waals surface area (Å²) in [6, 6.07) is 19.7. The highest BCUT2D eigenvalue weighted by atomic mass is 16.2. The monoisotopic (exact) mass is 522 g/mol. The van der Waals surface area contributed by atoms with Crippen LogP contribution in [0, 0.1) is 5.92 Å². The van der Waals surface area contributed by atoms with Gasteiger partial charge >= 0.3 is 0 Å². The number of nitrogen functional groups attached to an aromatic ring is 1. The molecule has 2 aromatic carbocycles. The molecule has 2 aliphatic rings. The zero-order valence-electron chi connectivity index (χ0n) is 22.6. The summed E-state index contributed by atoms with van der Waals surface area (Å²) >= 11 is 0. The molecule has 2 aromatic heterocycles. The average molecular weight is 523 g/mol. The van der Waals surface area contributed by atoms with Gasteiger partial charge in [-0.25, -0.2) is 9.97 Å². The Hall–Kier alpha value is -3.71. The number of hydrogen-bond donors (Lipinski definition) is 2. The predicted octanol–water partition coefficient (Wildman–Crippen LogP) is 5.02. The number of fused-ring (bicyclic) bond motifs is 1. The normalized spacial score (nSPS) is 19.6. The fourth-order valence-electron chi connectivity index (χ4n) is 6.16. The Morgan fingerprint density at radius 1 is 0.949 bits per heavy atom. The lowest BCUT2D eigenvalue weighted by molar-refractivity contribution is -0.122. The molecular weight excluding hydrogens is 484 g/mol. The molecule has 202 valence electrons. The molecule has 3 N–H and O–H groups in total. The quantitative estimate of drug-likeness (QED) is 0.322. The van der Waals surface area contributed by atoms with Crippen molar-refractivity contribution in [2.45, 2.75) is 51.0 Å². The van der Waals surface area contributed by atoms with Gasteiger partial charge in [-0.15, -0.1) is 0 Å². The summed E-state index contributed by atoms with van der Waals surface area (Å²) in [5.74, 6) is 1.16. The maximum absolute atomic E-state index is 12.4. The van der Waals surface area contributed by atoms with Crippen LogP contribution in [0.5, 0.6) is 0 Å². The highest BCUT2D eigenvalue weighted by Crippen LogP contribution is 2.42. The summed E-state index contributed by atoms with van der Waals surface area (Å²) < 4.78 is 2.28. The lowest BCUT2D eigenvalue weighted by Gasteiger charge is -2.37. The number of nitrogens with one attached hydrogen (secondary N) is 1. The van der Waals surface area contributed by atoms with Gasteiger partial charge in [-0.05, 0) is 74.2 Å². The Kier molecular flexibility index (Phi) is 7.59. The van der Waals surface area contributed by atoms with Crippen LogP contribution in [-0.4, -0.2) is 51.5 Å². The minimum atomic E-state index is 0.154. The van der Waals surface area contributed by atoms with Gasteiger partial charge in [0.2, 0.25) is 5.91 Å². The highest BCUT2D eigenvalue weighted by molar-refractivity contribution is 6.00. The van der Waals surface area contributed by atoms with E-state index in [9.17, 15) is 4.79 Å². The lowest BCUT2D eigenvalue weighted by Crippen LogP contribution is -2.43. The van der Waals surface area contributed by atoms with E-state index in [-0.39, 0.29) is 5.91 Å². The predicted molar refractivity (Wildman–Crippen MR) is 156 cm³/mol. The Morgan fingerprint density at radius 3 is 2.54 bits per heavy atom. The molecule has 0 radical (unpaired) electrons. The molecule has 7 nitrogen and oxygen atoms in total. The maximum Gasteiger partial charge on any atom is 0.234 e. The van der Waals surface area contributed by atoms with Crippen molar-refractivity contribution in [3.8, 4) is 11.1 Å². The van der Waals surface area contributed by atoms with E-state index in [0.29, 0.717) is 24.3 Å². The number of carbonyl (C=O) groups excluding carboxylic acids is 1. The molecule has 4 aromatic rings. The first-order valence-electron chi connectivity index (χ1n) is 14.4. The van der Waals surface area contributed by atoms with Gasteiger partial charge in [0.15, 0.2) is 0 Å². The number of carbonyl (C=O) groups is 1. The Balaban J connectivity index is 1.13. The third-order valence-corrected chi connectivity index (χ3v) is 8.43. The van der Waals surface area contributed by atoms with Crippen LogP contribution in [0.4, 0.5) is 5.82 Å². The molecule has 7 heteroatoms. The van der Waals surface area contributed by atoms with Gasteiger partial charge < -0.3 is 15.6 Å². The second-order valence-electron chi connectivity index (χ2n) is 11.2. The maximum atomic E-state index is 12.4. The number of amides is 1. The Labute approximate surface area is 230 Å². The van der Waals surface area contributed by atoms with E-state index < -0.39 is 0 Å². The highest BCUT2D eigenvalue weighted by Gasteiger charge is 2.33. The molecule has 1 amide bonds. The van der Waals surface area contributed by atoms with Crippen molar-refractivity contribution < 1.29 is 4.79 Å². The van der Waals surface area contributed by atoms with Crippen molar-refractivity contribution in [1.82, 2.24) is 24.8 Å². The second-order valence-corrected chi connectivity index (χ2v) is 11.2. The number of nitrogens with zero attached hydrogens (tertiary/aromatic N) is 4. The van der Waals surface area contributed by atoms with Crippen LogP contribution in [0.2, 0.25) is 0 Å². The van der Waals surface area contributed by atoms with Crippen LogP contribution in [0.1, 0.15) is 49.3 Å². The minimum Gasteiger partial charge on any atom is -0.383 e. The van der Waals surface area contributed by atoms with E-state index in [1.807, 2.05) is 0 Å². The van der Waals surface area contributed by atoms with Gasteiger partial charge in [0.1, 0.15) is 17.8 Å². The van der Waals surface area contributed by atoms with Crippen LogP contribution in [0.25, 0.3) is 22.2 Å². The number of aromatic nitrogens is 3. The zero-order chi connectivity index (χ0) is 26.6. The standard InChI is InChI=1S/C32H38N6O/c33-31-30-28(26-11-7-10-24(16-26)13-12-23-8-3-1-4-9-23)20-38(32(30)36-22-35-31)27-17-25(18-27)19-34-29(39)21-37-14-5-2-6-15-37/h1,3-4,7-11,16,20,22,25,27H,2,5-6,12-15,17-19,21H2,(H,34,39)(H2,33,35,36). The van der Waals surface area contributed by atoms with E-state index in [0.717, 1.165) is 67.5 Å². The number of nitrogens with two attached hydrogens (primary N) is 1. The summed E-state index contributed by atoms with van der Waals surface area (Å²) in [4.78, 5) is 23.7. The summed E-state index contributed by atoms with van der Waals surface area (Å²) in [7, 11) is 0. The molecule has 1 saturated heterocycles. The van der Waals surface area contributed by atoms with Gasteiger partial charge in [0.25, 0.3) is 0 Å². The van der Waals surface area contributed by atoms with Crippen molar-refractivity contribution in [3.05, 3.63) is 78.2 Å². The summed E-state index contributed by atoms with van der Waals surface area (Å²) in [5, 5.41) is 4.10. The van der Waals surface area contributed by atoms with Crippen molar-refractivity contribution in [2.75, 3.05) is 31.9 Å². The first-order valence-corrected chi connectivity index (χ1v) is 14.4. The number of hydrogen-bond acceptors (Lipinski definition) is 5. The van der Waals surface area contributed by atoms with Crippen molar-refractivity contribution in [2.24, 2.45) is 5.92 Å². The molecule has 1 aliphatic heterocycles. The van der Waals surface area contributed by atoms with Crippen molar-refractivity contribution in [3.63, 3.8) is 0 Å². The molecule has 2 fully saturated rings. The van der Waals surface area contributed by atoms with E-state index in [4.69, 9.17) is 5.73 Å². The van der Waals surface area contributed by atoms with E-state index in [1.165, 1.54) is 30.4 Å². The van der Waals surface area contributed by atoms with Gasteiger partial charge in [0.05, 0.1) is 11.9 Å². The van der Waals surface area contributed by atoms with Crippen molar-refractivity contribution in [1.29, 1.82) is 0 Å². The zero-order valence-corrected chi connectivity index (χ0v) is 22.6. The minimum absolute atomic E-state index is 0.154. The Morgan fingerprint density at radius 2 is 1.72 bits per heavy atom. The molecule has 39 heavy (non-hydrogen) atoms. The third-order valence-electron chi connectivity index (χ3n) is 8.43. The summed E-state index contributed by atoms with van der Waals surface area (Å²) in [5.41, 5.74) is 12.2. The number of rotatable bonds is 9. The molecule has 0 unspecified atom stereocenters. The lowest BCUT2D eigenvalue weighted by atomic mass is 9.80. The van der Waals surface area contributed by atoms with Crippen LogP contribution < -0.4 is 11.1 Å². The van der Waals surface area contributed by atoms with Crippen LogP contribution in [0.15, 0.2) is 67.1 Å². The van der Waals surface area contributed by atoms with E-state index >= 15 is 0 Å². The first kappa shape index (κ1) is 25.6. The first-order chi connectivity index (χ1) is 19.1. The fourth-order valence-corrected chi connectivity index (χ4v) is 6.16. The number of likely N-dealkylation sites (tertiary alicyclic amines) is 1. The largest absolute Gasteiger partial charge is 0.383 e. The fraction of sp³-hybridized carbons (Fsp3) is 0.406. The summed E-state index contributed by atoms with van der Waals surface area (Å²) in [6.45, 7) is 3.37. The SMILES string of the molecule is Nc1ncnc2c1c(-c1cccc(CCc3ccccc3)c1)cn2C1CC(CNC(=O)CN2CCCCC2)C1. The van der Waals surface area contributed by atoms with E-state index in [1.54, 1.807) is 6.33 Å². The van der Waals surface area contributed by atoms with Gasteiger partial charge in [0, 0.05) is 24.3 Å². The van der Waals surface area contributed by atoms with Crippen molar-refractivity contribution >= 4 is 22.8 Å². The van der Waals surface area contributed by atoms with Gasteiger partial charge in [-0.1, -0.05) is 61.0 Å². The molecule has 0 atom stereocenters. The Bertz CT molecular complexity index is 1420. The van der Waals surface area contributed by atoms with Gasteiger partial charge in [-0.2, -0.15) is 0 Å². The smallest absolute Gasteiger partial charge is 0.234 e. The average Bonchev–Trinajstić information content (AvgIpc) is 3.33. The molecule has 6 rings (SSSR count). The second kappa shape index (κ2) is 11.6. The topological polar surface area (TPSA) is 89.1 Å². The van der Waals surface area contributed by atoms with Crippen LogP contribution >= 0.6 is 0 Å². The molecule has 1 aliphatic carbocycles. The molecule has 1 saturated carbocycles. The molecule has 0 spiro atoms. The number of aryl methyl sites for hydroxylation is 2. The van der Waals surface area contributed by atoms with E-state index in [2.05, 4.69) is 85.5 Å². The molecule has 0 bridgehead atoms. The number of benzene rings is 2. The van der Waals surface area contributed by atoms with Crippen LogP contribution in [0.3, 0.4) is 0 Å². The molecule has 3 heterocycles. The molecular formula is C32H38N6O. The number of anilines is 1. The third kappa shape index (κ3) is 5.83. The van der Waals surface area contributed by atoms with Gasteiger partial charge in [-0.3, -0.25) is 9.69 Å².